The van der Waals surface area contributed by atoms with Crippen molar-refractivity contribution in [1.29, 1.82) is 0 Å². The van der Waals surface area contributed by atoms with Crippen molar-refractivity contribution in [2.45, 2.75) is 31.6 Å². The molecule has 1 aromatic heterocycles. The van der Waals surface area contributed by atoms with Crippen LogP contribution in [0.15, 0.2) is 23.1 Å². The van der Waals surface area contributed by atoms with Gasteiger partial charge in [-0.3, -0.25) is 0 Å². The van der Waals surface area contributed by atoms with Crippen LogP contribution in [-0.4, -0.2) is 29.4 Å². The maximum Gasteiger partial charge on any atom is 0.177 e. The lowest BCUT2D eigenvalue weighted by atomic mass is 10.2. The smallest absolute Gasteiger partial charge is 0.177 e. The molecule has 1 heterocycles. The summed E-state index contributed by atoms with van der Waals surface area (Å²) in [5.41, 5.74) is 6.77. The fourth-order valence-electron chi connectivity index (χ4n) is 2.00. The minimum atomic E-state index is -3.37. The monoisotopic (exact) mass is 294 g/mol. The molecular weight excluding hydrogens is 276 g/mol. The summed E-state index contributed by atoms with van der Waals surface area (Å²) < 4.78 is 25.1. The van der Waals surface area contributed by atoms with Gasteiger partial charge in [-0.25, -0.2) is 18.1 Å². The molecular formula is C13H18N4O2S. The molecule has 2 aromatic rings. The first kappa shape index (κ1) is 14.5. The highest BCUT2D eigenvalue weighted by molar-refractivity contribution is 7.90. The Bertz CT molecular complexity index is 735. The molecule has 1 aromatic carbocycles. The number of nitrogens with zero attached hydrogens (tertiary/aromatic N) is 3. The summed E-state index contributed by atoms with van der Waals surface area (Å²) >= 11 is 0. The molecule has 0 aliphatic carbocycles. The minimum absolute atomic E-state index is 0.116. The van der Waals surface area contributed by atoms with Gasteiger partial charge in [0.05, 0.1) is 16.3 Å². The molecule has 0 unspecified atom stereocenters. The number of nitrogen functional groups attached to an aromatic ring is 1. The Labute approximate surface area is 118 Å². The average molecular weight is 294 g/mol. The van der Waals surface area contributed by atoms with Crippen molar-refractivity contribution in [1.82, 2.24) is 14.8 Å². The summed E-state index contributed by atoms with van der Waals surface area (Å²) in [5.74, 6) is 1.48. The van der Waals surface area contributed by atoms with Crippen LogP contribution in [0.4, 0.5) is 5.69 Å². The molecule has 0 radical (unpaired) electrons. The standard InChI is InChI=1S/C13H18N4O2S/c1-4-11-15-12(5-2)17(16-11)9-7-6-8-10(13(9)14)20(3,18)19/h6-8H,4-5,14H2,1-3H3. The number of para-hydroxylation sites is 1. The van der Waals surface area contributed by atoms with Gasteiger partial charge in [0, 0.05) is 19.1 Å². The van der Waals surface area contributed by atoms with Crippen LogP contribution in [0.25, 0.3) is 5.69 Å². The van der Waals surface area contributed by atoms with Crippen molar-refractivity contribution < 1.29 is 8.42 Å². The van der Waals surface area contributed by atoms with Crippen LogP contribution in [0.5, 0.6) is 0 Å². The van der Waals surface area contributed by atoms with E-state index in [1.165, 1.54) is 6.07 Å². The molecule has 0 saturated carbocycles. The minimum Gasteiger partial charge on any atom is -0.396 e. The largest absolute Gasteiger partial charge is 0.396 e. The van der Waals surface area contributed by atoms with Gasteiger partial charge < -0.3 is 5.73 Å². The molecule has 0 aliphatic rings. The number of hydrogen-bond acceptors (Lipinski definition) is 5. The number of rotatable bonds is 4. The number of aromatic nitrogens is 3. The summed E-state index contributed by atoms with van der Waals surface area (Å²) in [6.45, 7) is 3.94. The van der Waals surface area contributed by atoms with E-state index in [9.17, 15) is 8.42 Å². The summed E-state index contributed by atoms with van der Waals surface area (Å²) in [5, 5.41) is 4.38. The lowest BCUT2D eigenvalue weighted by Gasteiger charge is -2.11. The van der Waals surface area contributed by atoms with E-state index in [-0.39, 0.29) is 10.6 Å². The van der Waals surface area contributed by atoms with E-state index < -0.39 is 9.84 Å². The average Bonchev–Trinajstić information content (AvgIpc) is 2.80. The second-order valence-corrected chi connectivity index (χ2v) is 6.51. The normalized spacial score (nSPS) is 11.8. The van der Waals surface area contributed by atoms with Crippen molar-refractivity contribution in [2.75, 3.05) is 12.0 Å². The molecule has 0 atom stereocenters. The molecule has 6 nitrogen and oxygen atoms in total. The number of hydrogen-bond donors (Lipinski definition) is 1. The highest BCUT2D eigenvalue weighted by atomic mass is 32.2. The SMILES string of the molecule is CCc1nc(CC)n(-c2cccc(S(C)(=O)=O)c2N)n1. The topological polar surface area (TPSA) is 90.9 Å². The van der Waals surface area contributed by atoms with E-state index in [1.807, 2.05) is 13.8 Å². The van der Waals surface area contributed by atoms with E-state index >= 15 is 0 Å². The highest BCUT2D eigenvalue weighted by Crippen LogP contribution is 2.26. The molecule has 108 valence electrons. The van der Waals surface area contributed by atoms with Crippen molar-refractivity contribution >= 4 is 15.5 Å². The van der Waals surface area contributed by atoms with Crippen LogP contribution in [0.2, 0.25) is 0 Å². The van der Waals surface area contributed by atoms with Crippen LogP contribution in [0.1, 0.15) is 25.5 Å². The molecule has 0 fully saturated rings. The second-order valence-electron chi connectivity index (χ2n) is 4.52. The maximum atomic E-state index is 11.7. The molecule has 7 heteroatoms. The van der Waals surface area contributed by atoms with Gasteiger partial charge in [-0.1, -0.05) is 19.9 Å². The van der Waals surface area contributed by atoms with Gasteiger partial charge in [0.1, 0.15) is 5.82 Å². The van der Waals surface area contributed by atoms with Gasteiger partial charge in [0.2, 0.25) is 0 Å². The van der Waals surface area contributed by atoms with Gasteiger partial charge in [-0.2, -0.15) is 5.10 Å². The van der Waals surface area contributed by atoms with Crippen LogP contribution in [0, 0.1) is 0 Å². The van der Waals surface area contributed by atoms with Gasteiger partial charge >= 0.3 is 0 Å². The zero-order valence-electron chi connectivity index (χ0n) is 11.8. The summed E-state index contributed by atoms with van der Waals surface area (Å²) in [6, 6.07) is 4.91. The van der Waals surface area contributed by atoms with E-state index in [4.69, 9.17) is 5.73 Å². The number of benzene rings is 1. The van der Waals surface area contributed by atoms with Gasteiger partial charge in [-0.05, 0) is 12.1 Å². The Morgan fingerprint density at radius 1 is 1.25 bits per heavy atom. The van der Waals surface area contributed by atoms with E-state index in [0.717, 1.165) is 12.1 Å². The van der Waals surface area contributed by atoms with E-state index in [0.29, 0.717) is 24.4 Å². The van der Waals surface area contributed by atoms with Crippen LogP contribution >= 0.6 is 0 Å². The van der Waals surface area contributed by atoms with Crippen molar-refractivity contribution in [3.8, 4) is 5.69 Å². The molecule has 0 amide bonds. The van der Waals surface area contributed by atoms with E-state index in [1.54, 1.807) is 16.8 Å². The predicted octanol–water partition coefficient (Wildman–Crippen LogP) is 1.38. The number of sulfone groups is 1. The third-order valence-corrected chi connectivity index (χ3v) is 4.18. The molecule has 2 N–H and O–H groups in total. The Balaban J connectivity index is 2.68. The summed E-state index contributed by atoms with van der Waals surface area (Å²) in [4.78, 5) is 4.52. The fourth-order valence-corrected chi connectivity index (χ4v) is 2.83. The quantitative estimate of drug-likeness (QED) is 0.860. The van der Waals surface area contributed by atoms with Gasteiger partial charge in [0.25, 0.3) is 0 Å². The first-order chi connectivity index (χ1) is 9.38. The molecule has 0 spiro atoms. The zero-order chi connectivity index (χ0) is 14.9. The van der Waals surface area contributed by atoms with Crippen LogP contribution in [-0.2, 0) is 22.7 Å². The Morgan fingerprint density at radius 2 is 1.95 bits per heavy atom. The number of aryl methyl sites for hydroxylation is 2. The third kappa shape index (κ3) is 2.53. The Hall–Kier alpha value is -1.89. The van der Waals surface area contributed by atoms with Crippen molar-refractivity contribution in [3.05, 3.63) is 29.8 Å². The Kier molecular flexibility index (Phi) is 3.80. The first-order valence-corrected chi connectivity index (χ1v) is 8.31. The maximum absolute atomic E-state index is 11.7. The van der Waals surface area contributed by atoms with Gasteiger partial charge in [0.15, 0.2) is 15.7 Å². The van der Waals surface area contributed by atoms with Crippen molar-refractivity contribution in [3.63, 3.8) is 0 Å². The molecule has 0 saturated heterocycles. The number of anilines is 1. The third-order valence-electron chi connectivity index (χ3n) is 3.02. The molecule has 20 heavy (non-hydrogen) atoms. The lowest BCUT2D eigenvalue weighted by molar-refractivity contribution is 0.602. The van der Waals surface area contributed by atoms with E-state index in [2.05, 4.69) is 10.1 Å². The van der Waals surface area contributed by atoms with Crippen LogP contribution < -0.4 is 5.73 Å². The molecule has 0 bridgehead atoms. The second kappa shape index (κ2) is 5.24. The van der Waals surface area contributed by atoms with Crippen LogP contribution in [0.3, 0.4) is 0 Å². The Morgan fingerprint density at radius 3 is 2.50 bits per heavy atom. The lowest BCUT2D eigenvalue weighted by Crippen LogP contribution is -2.10. The number of nitrogens with two attached hydrogens (primary N) is 1. The first-order valence-electron chi connectivity index (χ1n) is 6.42. The van der Waals surface area contributed by atoms with Crippen molar-refractivity contribution in [2.24, 2.45) is 0 Å². The summed E-state index contributed by atoms with van der Waals surface area (Å²) in [7, 11) is -3.37. The highest BCUT2D eigenvalue weighted by Gasteiger charge is 2.18. The fraction of sp³-hybridized carbons (Fsp3) is 0.385. The predicted molar refractivity (Wildman–Crippen MR) is 77.6 cm³/mol. The summed E-state index contributed by atoms with van der Waals surface area (Å²) in [6.07, 6.45) is 2.54. The zero-order valence-corrected chi connectivity index (χ0v) is 12.6. The molecule has 0 aliphatic heterocycles. The molecule has 2 rings (SSSR count). The van der Waals surface area contributed by atoms with Gasteiger partial charge in [-0.15, -0.1) is 0 Å².